The van der Waals surface area contributed by atoms with Crippen LogP contribution in [0.5, 0.6) is 0 Å². The van der Waals surface area contributed by atoms with Gasteiger partial charge in [0.15, 0.2) is 5.78 Å². The summed E-state index contributed by atoms with van der Waals surface area (Å²) in [5.41, 5.74) is 5.82. The maximum Gasteiger partial charge on any atom is 0.332 e. The molecule has 0 aliphatic heterocycles. The van der Waals surface area contributed by atoms with Gasteiger partial charge in [-0.2, -0.15) is 5.10 Å². The van der Waals surface area contributed by atoms with Gasteiger partial charge in [-0.1, -0.05) is 11.8 Å². The van der Waals surface area contributed by atoms with E-state index >= 15 is 0 Å². The fourth-order valence-corrected chi connectivity index (χ4v) is 3.39. The third-order valence-corrected chi connectivity index (χ3v) is 5.11. The van der Waals surface area contributed by atoms with E-state index < -0.39 is 17.0 Å². The lowest BCUT2D eigenvalue weighted by molar-refractivity contribution is 0.102. The molecule has 0 atom stereocenters. The summed E-state index contributed by atoms with van der Waals surface area (Å²) in [5.74, 6) is 5.43. The van der Waals surface area contributed by atoms with Gasteiger partial charge in [0, 0.05) is 19.8 Å². The van der Waals surface area contributed by atoms with Crippen molar-refractivity contribution in [1.82, 2.24) is 33.8 Å². The van der Waals surface area contributed by atoms with Crippen molar-refractivity contribution in [2.45, 2.75) is 19.0 Å². The molecule has 148 valence electrons. The highest BCUT2D eigenvalue weighted by atomic mass is 32.2. The summed E-state index contributed by atoms with van der Waals surface area (Å²) >= 11 is 0.994. The molecule has 0 bridgehead atoms. The van der Waals surface area contributed by atoms with Gasteiger partial charge in [-0.15, -0.1) is 10.2 Å². The molecule has 0 aliphatic rings. The maximum atomic E-state index is 12.6. The van der Waals surface area contributed by atoms with Crippen LogP contribution in [0.1, 0.15) is 21.7 Å². The Morgan fingerprint density at radius 1 is 1.18 bits per heavy atom. The Balaban J connectivity index is 1.87. The van der Waals surface area contributed by atoms with Crippen molar-refractivity contribution in [3.05, 3.63) is 43.9 Å². The first-order valence-electron chi connectivity index (χ1n) is 8.09. The molecule has 0 fully saturated rings. The number of thioether (sulfide) groups is 1. The summed E-state index contributed by atoms with van der Waals surface area (Å²) in [6.45, 7) is 3.69. The van der Waals surface area contributed by atoms with Crippen molar-refractivity contribution in [3.63, 3.8) is 0 Å². The van der Waals surface area contributed by atoms with Gasteiger partial charge in [0.05, 0.1) is 11.4 Å². The minimum Gasteiger partial charge on any atom is -0.384 e. The van der Waals surface area contributed by atoms with E-state index in [0.717, 1.165) is 32.3 Å². The van der Waals surface area contributed by atoms with E-state index in [-0.39, 0.29) is 28.2 Å². The molecular weight excluding hydrogens is 386 g/mol. The summed E-state index contributed by atoms with van der Waals surface area (Å²) in [5, 5.41) is 12.5. The molecule has 13 heteroatoms. The second-order valence-electron chi connectivity index (χ2n) is 6.17. The van der Waals surface area contributed by atoms with Crippen LogP contribution >= 0.6 is 11.8 Å². The van der Waals surface area contributed by atoms with E-state index in [9.17, 15) is 14.4 Å². The lowest BCUT2D eigenvalue weighted by Crippen LogP contribution is -2.41. The zero-order valence-electron chi connectivity index (χ0n) is 15.7. The molecule has 0 spiro atoms. The number of nitrogen functional groups attached to an aromatic ring is 2. The fraction of sp³-hybridized carbons (Fsp3) is 0.333. The standard InChI is InChI=1S/C15H19N9O3S/c1-7-5-8(2)24(20-7)13-18-19-14(23(13)17)28-6-9(25)10-11(16)21(3)15(27)22(4)12(10)26/h5H,6,16-17H2,1-4H3. The molecule has 0 saturated heterocycles. The molecule has 4 N–H and O–H groups in total. The highest BCUT2D eigenvalue weighted by Gasteiger charge is 2.22. The molecule has 3 aromatic rings. The van der Waals surface area contributed by atoms with Crippen LogP contribution in [-0.2, 0) is 14.1 Å². The Bertz CT molecular complexity index is 1200. The Morgan fingerprint density at radius 3 is 2.46 bits per heavy atom. The topological polar surface area (TPSA) is 162 Å². The van der Waals surface area contributed by atoms with Crippen LogP contribution in [0.15, 0.2) is 20.8 Å². The lowest BCUT2D eigenvalue weighted by atomic mass is 10.2. The smallest absolute Gasteiger partial charge is 0.332 e. The van der Waals surface area contributed by atoms with Crippen LogP contribution in [0.25, 0.3) is 5.95 Å². The summed E-state index contributed by atoms with van der Waals surface area (Å²) in [6, 6.07) is 1.86. The molecule has 0 saturated carbocycles. The monoisotopic (exact) mass is 405 g/mol. The zero-order valence-corrected chi connectivity index (χ0v) is 16.5. The predicted octanol–water partition coefficient (Wildman–Crippen LogP) is -1.25. The summed E-state index contributed by atoms with van der Waals surface area (Å²) < 4.78 is 4.63. The van der Waals surface area contributed by atoms with Gasteiger partial charge in [-0.25, -0.2) is 14.2 Å². The molecule has 0 aliphatic carbocycles. The number of carbonyl (C=O) groups excluding carboxylic acids is 1. The SMILES string of the molecule is Cc1cc(C)n(-c2nnc(SCC(=O)c3c(N)n(C)c(=O)n(C)c3=O)n2N)n1. The quantitative estimate of drug-likeness (QED) is 0.300. The Kier molecular flexibility index (Phi) is 4.85. The van der Waals surface area contributed by atoms with Gasteiger partial charge in [0.2, 0.25) is 5.16 Å². The number of aryl methyl sites for hydroxylation is 2. The van der Waals surface area contributed by atoms with Crippen molar-refractivity contribution in [3.8, 4) is 5.95 Å². The molecule has 0 unspecified atom stereocenters. The molecule has 3 aromatic heterocycles. The van der Waals surface area contributed by atoms with Gasteiger partial charge in [0.25, 0.3) is 11.5 Å². The minimum absolute atomic E-state index is 0.163. The number of hydrogen-bond acceptors (Lipinski definition) is 9. The summed E-state index contributed by atoms with van der Waals surface area (Å²) in [6.07, 6.45) is 0. The number of aromatic nitrogens is 7. The normalized spacial score (nSPS) is 11.1. The molecule has 3 heterocycles. The van der Waals surface area contributed by atoms with Crippen LogP contribution < -0.4 is 22.8 Å². The molecule has 0 aromatic carbocycles. The van der Waals surface area contributed by atoms with Crippen molar-refractivity contribution in [2.75, 3.05) is 17.3 Å². The van der Waals surface area contributed by atoms with Crippen LogP contribution in [0.2, 0.25) is 0 Å². The maximum absolute atomic E-state index is 12.6. The van der Waals surface area contributed by atoms with Crippen molar-refractivity contribution < 1.29 is 4.79 Å². The zero-order chi connectivity index (χ0) is 20.7. The molecule has 0 amide bonds. The second-order valence-corrected chi connectivity index (χ2v) is 7.11. The lowest BCUT2D eigenvalue weighted by Gasteiger charge is -2.10. The Hall–Kier alpha value is -3.35. The number of carbonyl (C=O) groups is 1. The molecular formula is C15H19N9O3S. The van der Waals surface area contributed by atoms with Crippen LogP contribution in [0.4, 0.5) is 5.82 Å². The third-order valence-electron chi connectivity index (χ3n) is 4.17. The van der Waals surface area contributed by atoms with Gasteiger partial charge in [0.1, 0.15) is 11.4 Å². The highest BCUT2D eigenvalue weighted by Crippen LogP contribution is 2.19. The van der Waals surface area contributed by atoms with E-state index in [1.807, 2.05) is 19.9 Å². The Morgan fingerprint density at radius 2 is 1.86 bits per heavy atom. The molecule has 3 rings (SSSR count). The highest BCUT2D eigenvalue weighted by molar-refractivity contribution is 7.99. The molecule has 0 radical (unpaired) electrons. The van der Waals surface area contributed by atoms with Crippen molar-refractivity contribution in [2.24, 2.45) is 14.1 Å². The van der Waals surface area contributed by atoms with Gasteiger partial charge in [-0.05, 0) is 19.9 Å². The van der Waals surface area contributed by atoms with E-state index in [1.165, 1.54) is 23.5 Å². The van der Waals surface area contributed by atoms with E-state index in [1.54, 1.807) is 0 Å². The Labute approximate surface area is 162 Å². The van der Waals surface area contributed by atoms with Crippen LogP contribution in [0.3, 0.4) is 0 Å². The van der Waals surface area contributed by atoms with Crippen molar-refractivity contribution >= 4 is 23.4 Å². The van der Waals surface area contributed by atoms with E-state index in [0.29, 0.717) is 0 Å². The first-order valence-corrected chi connectivity index (χ1v) is 9.07. The number of hydrogen-bond donors (Lipinski definition) is 2. The largest absolute Gasteiger partial charge is 0.384 e. The number of ketones is 1. The van der Waals surface area contributed by atoms with Gasteiger partial charge >= 0.3 is 5.69 Å². The fourth-order valence-electron chi connectivity index (χ4n) is 2.67. The number of rotatable bonds is 5. The van der Waals surface area contributed by atoms with E-state index in [2.05, 4.69) is 15.3 Å². The summed E-state index contributed by atoms with van der Waals surface area (Å²) in [7, 11) is 2.67. The second kappa shape index (κ2) is 6.99. The first-order chi connectivity index (χ1) is 13.1. The minimum atomic E-state index is -0.747. The molecule has 28 heavy (non-hydrogen) atoms. The number of anilines is 1. The van der Waals surface area contributed by atoms with Crippen LogP contribution in [-0.4, -0.2) is 45.3 Å². The number of Topliss-reactive ketones (excluding diaryl/α,β-unsaturated/α-hetero) is 1. The van der Waals surface area contributed by atoms with E-state index in [4.69, 9.17) is 11.6 Å². The summed E-state index contributed by atoms with van der Waals surface area (Å²) in [4.78, 5) is 36.7. The average molecular weight is 405 g/mol. The van der Waals surface area contributed by atoms with Crippen LogP contribution in [0, 0.1) is 13.8 Å². The number of nitrogens with zero attached hydrogens (tertiary/aromatic N) is 7. The van der Waals surface area contributed by atoms with Gasteiger partial charge in [-0.3, -0.25) is 18.7 Å². The predicted molar refractivity (Wildman–Crippen MR) is 103 cm³/mol. The average Bonchev–Trinajstić information content (AvgIpc) is 3.17. The number of nitrogens with two attached hydrogens (primary N) is 2. The van der Waals surface area contributed by atoms with Gasteiger partial charge < -0.3 is 11.6 Å². The molecule has 12 nitrogen and oxygen atoms in total. The van der Waals surface area contributed by atoms with Crippen molar-refractivity contribution in [1.29, 1.82) is 0 Å². The third kappa shape index (κ3) is 3.09. The first kappa shape index (κ1) is 19.4.